The number of methoxy groups -OCH3 is 1. The minimum absolute atomic E-state index is 0. The highest BCUT2D eigenvalue weighted by Gasteiger charge is 2.19. The number of halogens is 1. The Balaban J connectivity index is 0.00000361. The summed E-state index contributed by atoms with van der Waals surface area (Å²) in [5, 5.41) is 0. The van der Waals surface area contributed by atoms with Crippen molar-refractivity contribution in [2.75, 3.05) is 33.9 Å². The van der Waals surface area contributed by atoms with E-state index in [1.807, 2.05) is 31.2 Å². The number of para-hydroxylation sites is 1. The maximum atomic E-state index is 11.9. The quantitative estimate of drug-likeness (QED) is 0.823. The van der Waals surface area contributed by atoms with Crippen molar-refractivity contribution in [3.8, 4) is 5.75 Å². The Bertz CT molecular complexity index is 411. The lowest BCUT2D eigenvalue weighted by molar-refractivity contribution is -0.140. The number of nitrogens with two attached hydrogens (primary N) is 1. The van der Waals surface area contributed by atoms with Crippen molar-refractivity contribution in [3.05, 3.63) is 29.8 Å². The van der Waals surface area contributed by atoms with Gasteiger partial charge in [-0.25, -0.2) is 0 Å². The number of hydrogen-bond acceptors (Lipinski definition) is 4. The zero-order valence-corrected chi connectivity index (χ0v) is 13.0. The highest BCUT2D eigenvalue weighted by Crippen LogP contribution is 2.15. The molecule has 114 valence electrons. The smallest absolute Gasteiger partial charge is 0.252 e. The lowest BCUT2D eigenvalue weighted by Gasteiger charge is -2.22. The molecule has 0 aromatic heterocycles. The minimum atomic E-state index is -0.580. The first-order valence-corrected chi connectivity index (χ1v) is 6.26. The number of ether oxygens (including phenoxy) is 2. The third kappa shape index (κ3) is 5.36. The van der Waals surface area contributed by atoms with E-state index in [9.17, 15) is 4.79 Å². The lowest BCUT2D eigenvalue weighted by Crippen LogP contribution is -2.43. The molecule has 2 N–H and O–H groups in total. The Morgan fingerprint density at radius 2 is 2.05 bits per heavy atom. The summed E-state index contributed by atoms with van der Waals surface area (Å²) in [6.45, 7) is 3.10. The number of nitrogens with zero attached hydrogens (tertiary/aromatic N) is 1. The van der Waals surface area contributed by atoms with Crippen molar-refractivity contribution in [2.24, 2.45) is 5.73 Å². The fourth-order valence-electron chi connectivity index (χ4n) is 1.66. The first-order chi connectivity index (χ1) is 9.10. The van der Waals surface area contributed by atoms with Gasteiger partial charge in [0.15, 0.2) is 0 Å². The van der Waals surface area contributed by atoms with Crippen LogP contribution >= 0.6 is 12.4 Å². The monoisotopic (exact) mass is 302 g/mol. The molecule has 1 amide bonds. The fourth-order valence-corrected chi connectivity index (χ4v) is 1.66. The van der Waals surface area contributed by atoms with Crippen LogP contribution in [-0.2, 0) is 9.53 Å². The van der Waals surface area contributed by atoms with E-state index in [1.165, 1.54) is 7.11 Å². The van der Waals surface area contributed by atoms with E-state index in [0.29, 0.717) is 13.2 Å². The van der Waals surface area contributed by atoms with Crippen LogP contribution in [0.15, 0.2) is 24.3 Å². The van der Waals surface area contributed by atoms with Gasteiger partial charge in [0.2, 0.25) is 0 Å². The highest BCUT2D eigenvalue weighted by atomic mass is 35.5. The molecular weight excluding hydrogens is 280 g/mol. The molecule has 1 aromatic carbocycles. The molecule has 0 aliphatic heterocycles. The van der Waals surface area contributed by atoms with Crippen molar-refractivity contribution in [1.82, 2.24) is 4.90 Å². The van der Waals surface area contributed by atoms with Gasteiger partial charge in [-0.3, -0.25) is 4.79 Å². The van der Waals surface area contributed by atoms with Gasteiger partial charge in [-0.1, -0.05) is 18.2 Å². The third-order valence-electron chi connectivity index (χ3n) is 2.93. The average Bonchev–Trinajstić information content (AvgIpc) is 2.42. The lowest BCUT2D eigenvalue weighted by atomic mass is 10.2. The van der Waals surface area contributed by atoms with Gasteiger partial charge in [-0.2, -0.15) is 0 Å². The van der Waals surface area contributed by atoms with E-state index in [1.54, 1.807) is 11.9 Å². The zero-order valence-electron chi connectivity index (χ0n) is 12.2. The molecule has 0 bridgehead atoms. The summed E-state index contributed by atoms with van der Waals surface area (Å²) in [5.41, 5.74) is 6.53. The van der Waals surface area contributed by atoms with Crippen molar-refractivity contribution < 1.29 is 14.3 Å². The Morgan fingerprint density at radius 3 is 2.60 bits per heavy atom. The van der Waals surface area contributed by atoms with Crippen LogP contribution in [0.1, 0.15) is 5.56 Å². The molecule has 20 heavy (non-hydrogen) atoms. The van der Waals surface area contributed by atoms with Crippen LogP contribution in [0.3, 0.4) is 0 Å². The Morgan fingerprint density at radius 1 is 1.40 bits per heavy atom. The molecule has 1 aromatic rings. The van der Waals surface area contributed by atoms with Crippen LogP contribution in [0.2, 0.25) is 0 Å². The highest BCUT2D eigenvalue weighted by molar-refractivity contribution is 5.85. The summed E-state index contributed by atoms with van der Waals surface area (Å²) in [5.74, 6) is 0.712. The van der Waals surface area contributed by atoms with Gasteiger partial charge in [-0.15, -0.1) is 12.4 Å². The molecule has 1 atom stereocenters. The average molecular weight is 303 g/mol. The topological polar surface area (TPSA) is 64.8 Å². The van der Waals surface area contributed by atoms with Gasteiger partial charge in [0.05, 0.1) is 6.54 Å². The summed E-state index contributed by atoms with van der Waals surface area (Å²) in [6, 6.07) is 7.78. The fraction of sp³-hybridized carbons (Fsp3) is 0.500. The predicted octanol–water partition coefficient (Wildman–Crippen LogP) is 1.23. The minimum Gasteiger partial charge on any atom is -0.491 e. The van der Waals surface area contributed by atoms with Gasteiger partial charge in [0.1, 0.15) is 18.5 Å². The largest absolute Gasteiger partial charge is 0.491 e. The van der Waals surface area contributed by atoms with Crippen LogP contribution < -0.4 is 10.5 Å². The summed E-state index contributed by atoms with van der Waals surface area (Å²) in [4.78, 5) is 13.4. The number of carbonyl (C=O) groups is 1. The number of hydrogen-bond donors (Lipinski definition) is 1. The van der Waals surface area contributed by atoms with E-state index in [0.717, 1.165) is 11.3 Å². The molecule has 1 rings (SSSR count). The summed E-state index contributed by atoms with van der Waals surface area (Å²) < 4.78 is 10.6. The summed E-state index contributed by atoms with van der Waals surface area (Å²) >= 11 is 0. The Kier molecular flexibility index (Phi) is 8.96. The predicted molar refractivity (Wildman–Crippen MR) is 81.4 cm³/mol. The van der Waals surface area contributed by atoms with Gasteiger partial charge in [0, 0.05) is 20.7 Å². The molecule has 0 spiro atoms. The first-order valence-electron chi connectivity index (χ1n) is 6.26. The molecule has 5 nitrogen and oxygen atoms in total. The summed E-state index contributed by atoms with van der Waals surface area (Å²) in [6.07, 6.45) is -0.580. The van der Waals surface area contributed by atoms with Crippen molar-refractivity contribution >= 4 is 18.3 Å². The standard InChI is InChI=1S/C14H22N2O3.ClH/c1-11-6-4-5-7-12(11)19-9-8-16(2)14(17)13(10-15)18-3;/h4-7,13H,8-10,15H2,1-3H3;1H. The van der Waals surface area contributed by atoms with Crippen LogP contribution in [0.25, 0.3) is 0 Å². The number of rotatable bonds is 7. The van der Waals surface area contributed by atoms with Gasteiger partial charge in [0.25, 0.3) is 5.91 Å². The van der Waals surface area contributed by atoms with Crippen molar-refractivity contribution in [2.45, 2.75) is 13.0 Å². The Labute approximate surface area is 126 Å². The molecule has 0 aliphatic rings. The van der Waals surface area contributed by atoms with E-state index in [-0.39, 0.29) is 24.9 Å². The van der Waals surface area contributed by atoms with E-state index >= 15 is 0 Å². The maximum Gasteiger partial charge on any atom is 0.252 e. The van der Waals surface area contributed by atoms with Crippen molar-refractivity contribution in [3.63, 3.8) is 0 Å². The van der Waals surface area contributed by atoms with Crippen LogP contribution in [0, 0.1) is 6.92 Å². The summed E-state index contributed by atoms with van der Waals surface area (Å²) in [7, 11) is 3.19. The second-order valence-corrected chi connectivity index (χ2v) is 4.33. The molecule has 0 heterocycles. The van der Waals surface area contributed by atoms with Gasteiger partial charge < -0.3 is 20.1 Å². The molecular formula is C14H23ClN2O3. The number of carbonyl (C=O) groups excluding carboxylic acids is 1. The van der Waals surface area contributed by atoms with Crippen LogP contribution in [0.5, 0.6) is 5.75 Å². The zero-order chi connectivity index (χ0) is 14.3. The molecule has 1 unspecified atom stereocenters. The van der Waals surface area contributed by atoms with E-state index < -0.39 is 6.10 Å². The van der Waals surface area contributed by atoms with Crippen molar-refractivity contribution in [1.29, 1.82) is 0 Å². The molecule has 6 heteroatoms. The number of benzene rings is 1. The van der Waals surface area contributed by atoms with Gasteiger partial charge in [-0.05, 0) is 18.6 Å². The van der Waals surface area contributed by atoms with E-state index in [4.69, 9.17) is 15.2 Å². The van der Waals surface area contributed by atoms with Gasteiger partial charge >= 0.3 is 0 Å². The third-order valence-corrected chi connectivity index (χ3v) is 2.93. The molecule has 0 saturated heterocycles. The number of aryl methyl sites for hydroxylation is 1. The normalized spacial score (nSPS) is 11.4. The second-order valence-electron chi connectivity index (χ2n) is 4.33. The SMILES string of the molecule is COC(CN)C(=O)N(C)CCOc1ccccc1C.Cl. The van der Waals surface area contributed by atoms with E-state index in [2.05, 4.69) is 0 Å². The molecule has 0 radical (unpaired) electrons. The van der Waals surface area contributed by atoms with Crippen LogP contribution in [0.4, 0.5) is 0 Å². The maximum absolute atomic E-state index is 11.9. The second kappa shape index (κ2) is 9.58. The Hall–Kier alpha value is -1.30. The first kappa shape index (κ1) is 18.7. The number of amides is 1. The number of likely N-dealkylation sites (N-methyl/N-ethyl adjacent to an activating group) is 1. The van der Waals surface area contributed by atoms with Crippen LogP contribution in [-0.4, -0.2) is 50.8 Å². The molecule has 0 aliphatic carbocycles. The molecule has 0 saturated carbocycles. The molecule has 0 fully saturated rings.